The minimum atomic E-state index is 0.208. The van der Waals surface area contributed by atoms with E-state index >= 15 is 0 Å². The Bertz CT molecular complexity index is 922. The van der Waals surface area contributed by atoms with Crippen molar-refractivity contribution in [3.63, 3.8) is 0 Å². The fourth-order valence-electron chi connectivity index (χ4n) is 5.08. The van der Waals surface area contributed by atoms with Gasteiger partial charge in [-0.15, -0.1) is 0 Å². The second kappa shape index (κ2) is 8.89. The number of piperazine rings is 1. The number of amides is 1. The van der Waals surface area contributed by atoms with Crippen LogP contribution in [0.25, 0.3) is 0 Å². The maximum Gasteiger partial charge on any atom is 0.256 e. The first-order valence-corrected chi connectivity index (χ1v) is 11.4. The monoisotopic (exact) mass is 420 g/mol. The van der Waals surface area contributed by atoms with E-state index in [2.05, 4.69) is 37.8 Å². The Morgan fingerprint density at radius 2 is 1.61 bits per heavy atom. The predicted molar refractivity (Wildman–Crippen MR) is 123 cm³/mol. The van der Waals surface area contributed by atoms with Crippen LogP contribution in [0.3, 0.4) is 0 Å². The lowest BCUT2D eigenvalue weighted by atomic mass is 10.1. The van der Waals surface area contributed by atoms with Crippen molar-refractivity contribution in [2.45, 2.75) is 13.0 Å². The van der Waals surface area contributed by atoms with Gasteiger partial charge >= 0.3 is 0 Å². The summed E-state index contributed by atoms with van der Waals surface area (Å²) in [7, 11) is 1.70. The Morgan fingerprint density at radius 1 is 0.839 bits per heavy atom. The number of hydrogen-bond donors (Lipinski definition) is 0. The van der Waals surface area contributed by atoms with E-state index in [0.29, 0.717) is 0 Å². The number of hydrogen-bond acceptors (Lipinski definition) is 5. The van der Waals surface area contributed by atoms with Crippen LogP contribution < -0.4 is 9.64 Å². The molecular formula is C25H32N4O2. The molecule has 3 aliphatic rings. The molecule has 0 aliphatic carbocycles. The number of rotatable bonds is 6. The van der Waals surface area contributed by atoms with Crippen LogP contribution in [0.5, 0.6) is 5.75 Å². The van der Waals surface area contributed by atoms with Gasteiger partial charge in [-0.1, -0.05) is 24.3 Å². The summed E-state index contributed by atoms with van der Waals surface area (Å²) in [5, 5.41) is 0. The molecule has 0 spiro atoms. The Balaban J connectivity index is 1.12. The standard InChI is InChI=1S/C25H32N4O2/c1-31-22-7-5-20(6-8-22)19-27-13-11-26(12-14-27)15-16-29-18-17-28-10-9-21-3-2-4-23(24(21)28)25(29)30/h2-8H,9-19H2,1H3. The van der Waals surface area contributed by atoms with Gasteiger partial charge in [-0.3, -0.25) is 14.6 Å². The number of ether oxygens (including phenoxy) is 1. The molecule has 164 valence electrons. The molecule has 0 N–H and O–H groups in total. The average molecular weight is 421 g/mol. The number of carbonyl (C=O) groups is 1. The molecule has 1 amide bonds. The highest BCUT2D eigenvalue weighted by molar-refractivity contribution is 6.01. The Kier molecular flexibility index (Phi) is 5.83. The molecular weight excluding hydrogens is 388 g/mol. The van der Waals surface area contributed by atoms with Crippen LogP contribution in [0.4, 0.5) is 5.69 Å². The van der Waals surface area contributed by atoms with Crippen LogP contribution in [0.15, 0.2) is 42.5 Å². The zero-order valence-corrected chi connectivity index (χ0v) is 18.4. The molecule has 6 nitrogen and oxygen atoms in total. The molecule has 3 heterocycles. The summed E-state index contributed by atoms with van der Waals surface area (Å²) in [6.07, 6.45) is 1.07. The van der Waals surface area contributed by atoms with Gasteiger partial charge < -0.3 is 14.5 Å². The highest BCUT2D eigenvalue weighted by Crippen LogP contribution is 2.34. The van der Waals surface area contributed by atoms with Crippen molar-refractivity contribution < 1.29 is 9.53 Å². The molecule has 0 unspecified atom stereocenters. The number of benzene rings is 2. The van der Waals surface area contributed by atoms with Gasteiger partial charge in [-0.2, -0.15) is 0 Å². The minimum Gasteiger partial charge on any atom is -0.497 e. The van der Waals surface area contributed by atoms with E-state index in [9.17, 15) is 4.79 Å². The molecule has 31 heavy (non-hydrogen) atoms. The van der Waals surface area contributed by atoms with Gasteiger partial charge in [-0.05, 0) is 35.7 Å². The van der Waals surface area contributed by atoms with Crippen molar-refractivity contribution in [1.82, 2.24) is 14.7 Å². The SMILES string of the molecule is COc1ccc(CN2CCN(CCN3CCN4CCc5cccc(c54)C3=O)CC2)cc1. The Hall–Kier alpha value is -2.57. The van der Waals surface area contributed by atoms with E-state index in [1.807, 2.05) is 24.3 Å². The zero-order valence-electron chi connectivity index (χ0n) is 18.4. The van der Waals surface area contributed by atoms with E-state index in [1.54, 1.807) is 7.11 Å². The molecule has 2 aromatic carbocycles. The summed E-state index contributed by atoms with van der Waals surface area (Å²) >= 11 is 0. The molecule has 1 fully saturated rings. The summed E-state index contributed by atoms with van der Waals surface area (Å²) < 4.78 is 5.25. The first-order valence-electron chi connectivity index (χ1n) is 11.4. The average Bonchev–Trinajstić information content (AvgIpc) is 3.17. The van der Waals surface area contributed by atoms with Crippen LogP contribution in [0.2, 0.25) is 0 Å². The second-order valence-electron chi connectivity index (χ2n) is 8.81. The minimum absolute atomic E-state index is 0.208. The fourth-order valence-corrected chi connectivity index (χ4v) is 5.08. The van der Waals surface area contributed by atoms with Gasteiger partial charge in [0.25, 0.3) is 5.91 Å². The Labute approximate surface area is 185 Å². The highest BCUT2D eigenvalue weighted by atomic mass is 16.5. The topological polar surface area (TPSA) is 39.3 Å². The maximum absolute atomic E-state index is 13.2. The quantitative estimate of drug-likeness (QED) is 0.717. The smallest absolute Gasteiger partial charge is 0.256 e. The highest BCUT2D eigenvalue weighted by Gasteiger charge is 2.31. The third-order valence-electron chi connectivity index (χ3n) is 6.96. The van der Waals surface area contributed by atoms with Crippen molar-refractivity contribution >= 4 is 11.6 Å². The number of anilines is 1. The van der Waals surface area contributed by atoms with Crippen LogP contribution >= 0.6 is 0 Å². The van der Waals surface area contributed by atoms with Gasteiger partial charge in [0.05, 0.1) is 18.4 Å². The van der Waals surface area contributed by atoms with Gasteiger partial charge in [-0.25, -0.2) is 0 Å². The fraction of sp³-hybridized carbons (Fsp3) is 0.480. The summed E-state index contributed by atoms with van der Waals surface area (Å²) in [6, 6.07) is 14.6. The van der Waals surface area contributed by atoms with Gasteiger partial charge in [0, 0.05) is 65.4 Å². The Morgan fingerprint density at radius 3 is 2.39 bits per heavy atom. The van der Waals surface area contributed by atoms with Crippen LogP contribution in [0, 0.1) is 0 Å². The van der Waals surface area contributed by atoms with E-state index in [1.165, 1.54) is 16.8 Å². The lowest BCUT2D eigenvalue weighted by Crippen LogP contribution is -2.48. The molecule has 0 aromatic heterocycles. The molecule has 3 aliphatic heterocycles. The summed E-state index contributed by atoms with van der Waals surface area (Å²) in [5.41, 5.74) is 4.76. The third-order valence-corrected chi connectivity index (χ3v) is 6.96. The van der Waals surface area contributed by atoms with Gasteiger partial charge in [0.2, 0.25) is 0 Å². The van der Waals surface area contributed by atoms with Gasteiger partial charge in [0.1, 0.15) is 5.75 Å². The molecule has 2 aromatic rings. The summed E-state index contributed by atoms with van der Waals surface area (Å²) in [5.74, 6) is 1.11. The van der Waals surface area contributed by atoms with E-state index < -0.39 is 0 Å². The first kappa shape index (κ1) is 20.3. The van der Waals surface area contributed by atoms with Crippen molar-refractivity contribution in [3.8, 4) is 5.75 Å². The lowest BCUT2D eigenvalue weighted by Gasteiger charge is -2.35. The number of carbonyl (C=O) groups excluding carboxylic acids is 1. The summed E-state index contributed by atoms with van der Waals surface area (Å²) in [6.45, 7) is 9.83. The molecule has 0 radical (unpaired) electrons. The maximum atomic E-state index is 13.2. The predicted octanol–water partition coefficient (Wildman–Crippen LogP) is 2.33. The number of para-hydroxylation sites is 1. The normalized spacial score (nSPS) is 19.5. The summed E-state index contributed by atoms with van der Waals surface area (Å²) in [4.78, 5) is 22.7. The third kappa shape index (κ3) is 4.27. The largest absolute Gasteiger partial charge is 0.497 e. The van der Waals surface area contributed by atoms with Crippen LogP contribution in [0.1, 0.15) is 21.5 Å². The first-order chi connectivity index (χ1) is 15.2. The van der Waals surface area contributed by atoms with E-state index in [4.69, 9.17) is 4.74 Å². The van der Waals surface area contributed by atoms with Crippen molar-refractivity contribution in [2.75, 3.05) is 70.9 Å². The lowest BCUT2D eigenvalue weighted by molar-refractivity contribution is 0.0714. The molecule has 0 bridgehead atoms. The van der Waals surface area contributed by atoms with E-state index in [0.717, 1.165) is 83.2 Å². The van der Waals surface area contributed by atoms with Crippen molar-refractivity contribution in [3.05, 3.63) is 59.2 Å². The van der Waals surface area contributed by atoms with Crippen LogP contribution in [-0.2, 0) is 13.0 Å². The molecule has 0 saturated carbocycles. The van der Waals surface area contributed by atoms with Crippen molar-refractivity contribution in [2.24, 2.45) is 0 Å². The molecule has 1 saturated heterocycles. The van der Waals surface area contributed by atoms with Crippen molar-refractivity contribution in [1.29, 1.82) is 0 Å². The second-order valence-corrected chi connectivity index (χ2v) is 8.81. The number of nitrogens with zero attached hydrogens (tertiary/aromatic N) is 4. The van der Waals surface area contributed by atoms with Gasteiger partial charge in [0.15, 0.2) is 0 Å². The number of methoxy groups -OCH3 is 1. The zero-order chi connectivity index (χ0) is 21.2. The van der Waals surface area contributed by atoms with E-state index in [-0.39, 0.29) is 5.91 Å². The molecule has 0 atom stereocenters. The van der Waals surface area contributed by atoms with Crippen LogP contribution in [-0.4, -0.2) is 86.6 Å². The molecule has 5 rings (SSSR count). The molecule has 6 heteroatoms.